The summed E-state index contributed by atoms with van der Waals surface area (Å²) in [4.78, 5) is 28.7. The summed E-state index contributed by atoms with van der Waals surface area (Å²) in [6.45, 7) is 4.34. The zero-order valence-electron chi connectivity index (χ0n) is 20.3. The molecule has 0 aliphatic rings. The summed E-state index contributed by atoms with van der Waals surface area (Å²) < 4.78 is 13.2. The predicted octanol–water partition coefficient (Wildman–Crippen LogP) is 5.61. The van der Waals surface area contributed by atoms with Crippen LogP contribution >= 0.6 is 11.8 Å². The minimum Gasteiger partial charge on any atom is -0.352 e. The van der Waals surface area contributed by atoms with Gasteiger partial charge in [-0.25, -0.2) is 4.39 Å². The summed E-state index contributed by atoms with van der Waals surface area (Å²) in [5.74, 6) is 0.303. The third-order valence-corrected chi connectivity index (χ3v) is 6.86. The molecule has 3 rings (SSSR count). The van der Waals surface area contributed by atoms with Crippen LogP contribution in [0.1, 0.15) is 37.0 Å². The van der Waals surface area contributed by atoms with Crippen LogP contribution in [0.15, 0.2) is 84.9 Å². The first-order chi connectivity index (χ1) is 17.0. The predicted molar refractivity (Wildman–Crippen MR) is 141 cm³/mol. The number of halogens is 1. The first-order valence-corrected chi connectivity index (χ1v) is 13.1. The Kier molecular flexibility index (Phi) is 10.4. The van der Waals surface area contributed by atoms with E-state index in [1.807, 2.05) is 74.5 Å². The maximum atomic E-state index is 13.5. The fourth-order valence-corrected chi connectivity index (χ4v) is 4.57. The Morgan fingerprint density at radius 2 is 1.49 bits per heavy atom. The molecule has 3 aromatic carbocycles. The van der Waals surface area contributed by atoms with Crippen molar-refractivity contribution >= 4 is 23.6 Å². The molecule has 2 amide bonds. The van der Waals surface area contributed by atoms with Gasteiger partial charge in [0.2, 0.25) is 11.8 Å². The number of carbonyl (C=O) groups is 2. The molecule has 3 aromatic rings. The average molecular weight is 493 g/mol. The van der Waals surface area contributed by atoms with Crippen molar-refractivity contribution in [2.24, 2.45) is 0 Å². The molecule has 0 aromatic heterocycles. The smallest absolute Gasteiger partial charge is 0.243 e. The van der Waals surface area contributed by atoms with E-state index in [0.29, 0.717) is 18.7 Å². The van der Waals surface area contributed by atoms with Crippen molar-refractivity contribution in [3.8, 4) is 0 Å². The van der Waals surface area contributed by atoms with Crippen LogP contribution in [0.4, 0.5) is 4.39 Å². The lowest BCUT2D eigenvalue weighted by atomic mass is 10.0. The Balaban J connectivity index is 1.82. The van der Waals surface area contributed by atoms with Gasteiger partial charge in [-0.1, -0.05) is 79.7 Å². The number of hydrogen-bond donors (Lipinski definition) is 1. The van der Waals surface area contributed by atoms with Gasteiger partial charge >= 0.3 is 0 Å². The van der Waals surface area contributed by atoms with Gasteiger partial charge in [0.25, 0.3) is 0 Å². The third-order valence-electron chi connectivity index (χ3n) is 5.88. The molecule has 0 heterocycles. The maximum Gasteiger partial charge on any atom is 0.243 e. The average Bonchev–Trinajstić information content (AvgIpc) is 2.88. The second-order valence-corrected chi connectivity index (χ2v) is 9.64. The maximum absolute atomic E-state index is 13.5. The van der Waals surface area contributed by atoms with Gasteiger partial charge in [0, 0.05) is 24.8 Å². The highest BCUT2D eigenvalue weighted by molar-refractivity contribution is 7.99. The molecule has 1 N–H and O–H groups in total. The highest BCUT2D eigenvalue weighted by atomic mass is 32.2. The third kappa shape index (κ3) is 8.55. The Morgan fingerprint density at radius 3 is 2.09 bits per heavy atom. The van der Waals surface area contributed by atoms with Gasteiger partial charge in [-0.05, 0) is 42.2 Å². The molecular formula is C29H33FN2O2S. The molecular weight excluding hydrogens is 459 g/mol. The van der Waals surface area contributed by atoms with E-state index < -0.39 is 6.04 Å². The van der Waals surface area contributed by atoms with E-state index in [1.54, 1.807) is 17.0 Å². The summed E-state index contributed by atoms with van der Waals surface area (Å²) >= 11 is 1.47. The minimum atomic E-state index is -0.634. The number of hydrogen-bond acceptors (Lipinski definition) is 3. The summed E-state index contributed by atoms with van der Waals surface area (Å²) in [5, 5.41) is 3.08. The first kappa shape index (κ1) is 26.5. The molecule has 4 nitrogen and oxygen atoms in total. The monoisotopic (exact) mass is 492 g/mol. The lowest BCUT2D eigenvalue weighted by molar-refractivity contribution is -0.139. The lowest BCUT2D eigenvalue weighted by Gasteiger charge is -2.32. The molecule has 0 aliphatic heterocycles. The molecule has 0 aliphatic carbocycles. The van der Waals surface area contributed by atoms with Crippen LogP contribution in [0.5, 0.6) is 0 Å². The van der Waals surface area contributed by atoms with Crippen LogP contribution in [0.2, 0.25) is 0 Å². The van der Waals surface area contributed by atoms with Crippen LogP contribution in [0.3, 0.4) is 0 Å². The number of amides is 2. The van der Waals surface area contributed by atoms with E-state index in [-0.39, 0.29) is 29.4 Å². The molecule has 184 valence electrons. The van der Waals surface area contributed by atoms with Crippen molar-refractivity contribution in [1.82, 2.24) is 10.2 Å². The summed E-state index contributed by atoms with van der Waals surface area (Å²) in [5.41, 5.74) is 2.93. The highest BCUT2D eigenvalue weighted by Gasteiger charge is 2.30. The van der Waals surface area contributed by atoms with Crippen molar-refractivity contribution in [3.63, 3.8) is 0 Å². The van der Waals surface area contributed by atoms with Crippen LogP contribution < -0.4 is 5.32 Å². The Bertz CT molecular complexity index is 1060. The quantitative estimate of drug-likeness (QED) is 0.357. The van der Waals surface area contributed by atoms with Crippen molar-refractivity contribution in [2.45, 2.75) is 51.1 Å². The summed E-state index contributed by atoms with van der Waals surface area (Å²) in [7, 11) is 0. The molecule has 0 saturated carbocycles. The van der Waals surface area contributed by atoms with E-state index in [1.165, 1.54) is 23.9 Å². The van der Waals surface area contributed by atoms with E-state index >= 15 is 0 Å². The number of nitrogens with zero attached hydrogens (tertiary/aromatic N) is 1. The number of nitrogens with one attached hydrogen (secondary N) is 1. The van der Waals surface area contributed by atoms with Gasteiger partial charge in [-0.15, -0.1) is 11.8 Å². The van der Waals surface area contributed by atoms with Crippen LogP contribution in [0.25, 0.3) is 0 Å². The van der Waals surface area contributed by atoms with Gasteiger partial charge in [0.05, 0.1) is 5.75 Å². The fraction of sp³-hybridized carbons (Fsp3) is 0.310. The van der Waals surface area contributed by atoms with Crippen molar-refractivity contribution < 1.29 is 14.0 Å². The van der Waals surface area contributed by atoms with Crippen LogP contribution in [0, 0.1) is 5.82 Å². The molecule has 0 unspecified atom stereocenters. The number of thioether (sulfide) groups is 1. The highest BCUT2D eigenvalue weighted by Crippen LogP contribution is 2.19. The Hall–Kier alpha value is -3.12. The van der Waals surface area contributed by atoms with Crippen molar-refractivity contribution in [2.75, 3.05) is 5.75 Å². The van der Waals surface area contributed by atoms with Crippen LogP contribution in [-0.4, -0.2) is 34.6 Å². The topological polar surface area (TPSA) is 49.4 Å². The van der Waals surface area contributed by atoms with Crippen molar-refractivity contribution in [3.05, 3.63) is 107 Å². The Labute approximate surface area is 211 Å². The summed E-state index contributed by atoms with van der Waals surface area (Å²) in [6, 6.07) is 25.2. The van der Waals surface area contributed by atoms with Gasteiger partial charge in [-0.2, -0.15) is 0 Å². The van der Waals surface area contributed by atoms with E-state index in [4.69, 9.17) is 0 Å². The molecule has 6 heteroatoms. The molecule has 2 atom stereocenters. The second-order valence-electron chi connectivity index (χ2n) is 8.65. The first-order valence-electron chi connectivity index (χ1n) is 12.0. The standard InChI is InChI=1S/C29H33FN2O2S/c1-3-22(2)31-29(34)27(18-23-10-6-4-7-11-23)32(19-24-12-8-5-9-13-24)28(33)21-35-20-25-14-16-26(30)17-15-25/h4-17,22,27H,3,18-21H2,1-2H3,(H,31,34)/t22-,27+/m1/s1. The minimum absolute atomic E-state index is 0.0160. The molecule has 0 spiro atoms. The summed E-state index contributed by atoms with van der Waals surface area (Å²) in [6.07, 6.45) is 1.24. The van der Waals surface area contributed by atoms with Gasteiger partial charge in [0.15, 0.2) is 0 Å². The zero-order chi connectivity index (χ0) is 25.0. The molecule has 0 fully saturated rings. The number of benzene rings is 3. The molecule has 0 radical (unpaired) electrons. The molecule has 0 saturated heterocycles. The Morgan fingerprint density at radius 1 is 0.886 bits per heavy atom. The molecule has 0 bridgehead atoms. The van der Waals surface area contributed by atoms with Crippen molar-refractivity contribution in [1.29, 1.82) is 0 Å². The van der Waals surface area contributed by atoms with Gasteiger partial charge in [-0.3, -0.25) is 9.59 Å². The zero-order valence-corrected chi connectivity index (χ0v) is 21.1. The largest absolute Gasteiger partial charge is 0.352 e. The normalized spacial score (nSPS) is 12.5. The van der Waals surface area contributed by atoms with Gasteiger partial charge in [0.1, 0.15) is 11.9 Å². The van der Waals surface area contributed by atoms with E-state index in [0.717, 1.165) is 23.1 Å². The number of rotatable bonds is 12. The van der Waals surface area contributed by atoms with E-state index in [2.05, 4.69) is 5.32 Å². The lowest BCUT2D eigenvalue weighted by Crippen LogP contribution is -2.52. The number of carbonyl (C=O) groups excluding carboxylic acids is 2. The van der Waals surface area contributed by atoms with E-state index in [9.17, 15) is 14.0 Å². The fourth-order valence-electron chi connectivity index (χ4n) is 3.69. The SMILES string of the molecule is CC[C@@H](C)NC(=O)[C@H](Cc1ccccc1)N(Cc1ccccc1)C(=O)CSCc1ccc(F)cc1. The van der Waals surface area contributed by atoms with Crippen LogP contribution in [-0.2, 0) is 28.3 Å². The second kappa shape index (κ2) is 13.7. The molecule has 35 heavy (non-hydrogen) atoms. The van der Waals surface area contributed by atoms with Gasteiger partial charge < -0.3 is 10.2 Å².